The zero-order chi connectivity index (χ0) is 26.0. The average Bonchev–Trinajstić information content (AvgIpc) is 3.14. The van der Waals surface area contributed by atoms with Gasteiger partial charge in [0.25, 0.3) is 11.7 Å². The van der Waals surface area contributed by atoms with Crippen molar-refractivity contribution in [3.8, 4) is 5.75 Å². The summed E-state index contributed by atoms with van der Waals surface area (Å²) >= 11 is 0. The van der Waals surface area contributed by atoms with Gasteiger partial charge in [0.15, 0.2) is 0 Å². The number of Topliss-reactive ketones (excluding diaryl/α,β-unsaturated/α-hetero) is 1. The molecule has 4 rings (SSSR count). The van der Waals surface area contributed by atoms with Crippen LogP contribution < -0.4 is 9.64 Å². The van der Waals surface area contributed by atoms with E-state index in [1.54, 1.807) is 68.6 Å². The van der Waals surface area contributed by atoms with Gasteiger partial charge >= 0.3 is 5.97 Å². The van der Waals surface area contributed by atoms with Gasteiger partial charge in [-0.3, -0.25) is 19.5 Å². The van der Waals surface area contributed by atoms with E-state index in [0.29, 0.717) is 17.1 Å². The SMILES string of the molecule is COc1ccc(C)cc1/C(O)=C1\C(=O)C(=O)N(c2cccc(C(=O)OC(C)C)c2)C1c1ccccn1. The van der Waals surface area contributed by atoms with Crippen molar-refractivity contribution in [3.05, 3.63) is 94.8 Å². The molecule has 8 heteroatoms. The van der Waals surface area contributed by atoms with E-state index in [-0.39, 0.29) is 28.6 Å². The zero-order valence-corrected chi connectivity index (χ0v) is 20.4. The fourth-order valence-corrected chi connectivity index (χ4v) is 4.13. The lowest BCUT2D eigenvalue weighted by Gasteiger charge is -2.25. The maximum Gasteiger partial charge on any atom is 0.338 e. The number of benzene rings is 2. The van der Waals surface area contributed by atoms with Crippen LogP contribution in [0, 0.1) is 6.92 Å². The summed E-state index contributed by atoms with van der Waals surface area (Å²) in [6.07, 6.45) is 1.22. The van der Waals surface area contributed by atoms with Crippen molar-refractivity contribution in [3.63, 3.8) is 0 Å². The summed E-state index contributed by atoms with van der Waals surface area (Å²) in [6, 6.07) is 15.5. The molecule has 1 aromatic heterocycles. The Kier molecular flexibility index (Phi) is 6.87. The molecule has 0 radical (unpaired) electrons. The van der Waals surface area contributed by atoms with Crippen LogP contribution in [0.1, 0.15) is 47.1 Å². The number of rotatable bonds is 6. The van der Waals surface area contributed by atoms with Crippen molar-refractivity contribution in [1.82, 2.24) is 4.98 Å². The smallest absolute Gasteiger partial charge is 0.338 e. The molecule has 3 aromatic rings. The van der Waals surface area contributed by atoms with Crippen LogP contribution in [0.5, 0.6) is 5.75 Å². The standard InChI is InChI=1S/C28H26N2O6/c1-16(2)36-28(34)18-8-7-9-19(15-18)30-24(21-10-5-6-13-29-21)23(26(32)27(30)33)25(31)20-14-17(3)11-12-22(20)35-4/h5-16,24,31H,1-4H3/b25-23+. The number of aliphatic hydroxyl groups is 1. The Morgan fingerprint density at radius 1 is 1.06 bits per heavy atom. The summed E-state index contributed by atoms with van der Waals surface area (Å²) < 4.78 is 10.7. The van der Waals surface area contributed by atoms with Crippen LogP contribution in [0.4, 0.5) is 5.69 Å². The number of ether oxygens (including phenoxy) is 2. The lowest BCUT2D eigenvalue weighted by Crippen LogP contribution is -2.30. The fourth-order valence-electron chi connectivity index (χ4n) is 4.13. The minimum Gasteiger partial charge on any atom is -0.507 e. The van der Waals surface area contributed by atoms with E-state index < -0.39 is 23.7 Å². The molecule has 1 saturated heterocycles. The van der Waals surface area contributed by atoms with Gasteiger partial charge in [-0.15, -0.1) is 0 Å². The van der Waals surface area contributed by atoms with E-state index in [4.69, 9.17) is 9.47 Å². The number of aryl methyl sites for hydroxylation is 1. The molecule has 36 heavy (non-hydrogen) atoms. The highest BCUT2D eigenvalue weighted by atomic mass is 16.5. The number of carbonyl (C=O) groups excluding carboxylic acids is 3. The minimum atomic E-state index is -1.03. The zero-order valence-electron chi connectivity index (χ0n) is 20.4. The monoisotopic (exact) mass is 486 g/mol. The summed E-state index contributed by atoms with van der Waals surface area (Å²) in [5.41, 5.74) is 1.88. The van der Waals surface area contributed by atoms with Crippen LogP contribution in [0.15, 0.2) is 72.4 Å². The Hall–Kier alpha value is -4.46. The summed E-state index contributed by atoms with van der Waals surface area (Å²) in [7, 11) is 1.46. The third-order valence-electron chi connectivity index (χ3n) is 5.73. The Bertz CT molecular complexity index is 1360. The molecule has 1 fully saturated rings. The predicted molar refractivity (Wildman–Crippen MR) is 134 cm³/mol. The molecule has 2 aromatic carbocycles. The quantitative estimate of drug-likeness (QED) is 0.235. The number of anilines is 1. The van der Waals surface area contributed by atoms with Gasteiger partial charge in [-0.2, -0.15) is 0 Å². The van der Waals surface area contributed by atoms with Gasteiger partial charge in [0.1, 0.15) is 17.6 Å². The molecule has 1 unspecified atom stereocenters. The van der Waals surface area contributed by atoms with Crippen LogP contribution >= 0.6 is 0 Å². The second-order valence-electron chi connectivity index (χ2n) is 8.63. The van der Waals surface area contributed by atoms with Crippen molar-refractivity contribution >= 4 is 29.1 Å². The first kappa shape index (κ1) is 24.7. The van der Waals surface area contributed by atoms with Gasteiger partial charge < -0.3 is 14.6 Å². The molecule has 1 amide bonds. The van der Waals surface area contributed by atoms with E-state index in [1.807, 2.05) is 13.0 Å². The van der Waals surface area contributed by atoms with Crippen LogP contribution in [0.25, 0.3) is 5.76 Å². The lowest BCUT2D eigenvalue weighted by atomic mass is 9.97. The van der Waals surface area contributed by atoms with Crippen molar-refractivity contribution in [2.75, 3.05) is 12.0 Å². The van der Waals surface area contributed by atoms with Gasteiger partial charge in [-0.25, -0.2) is 4.79 Å². The molecular weight excluding hydrogens is 460 g/mol. The maximum atomic E-state index is 13.4. The Morgan fingerprint density at radius 3 is 2.50 bits per heavy atom. The molecular formula is C28H26N2O6. The Balaban J connectivity index is 1.92. The number of ketones is 1. The number of pyridine rings is 1. The summed E-state index contributed by atoms with van der Waals surface area (Å²) in [4.78, 5) is 44.9. The minimum absolute atomic E-state index is 0.127. The van der Waals surface area contributed by atoms with Gasteiger partial charge in [0, 0.05) is 11.9 Å². The van der Waals surface area contributed by atoms with Gasteiger partial charge in [0.05, 0.1) is 35.6 Å². The normalized spacial score (nSPS) is 16.9. The molecule has 0 aliphatic carbocycles. The Labute approximate surface area is 208 Å². The lowest BCUT2D eigenvalue weighted by molar-refractivity contribution is -0.132. The van der Waals surface area contributed by atoms with Crippen LogP contribution in [0.3, 0.4) is 0 Å². The molecule has 0 bridgehead atoms. The largest absolute Gasteiger partial charge is 0.507 e. The van der Waals surface area contributed by atoms with E-state index in [9.17, 15) is 19.5 Å². The molecule has 2 heterocycles. The van der Waals surface area contributed by atoms with Crippen molar-refractivity contribution < 1.29 is 29.0 Å². The van der Waals surface area contributed by atoms with Crippen molar-refractivity contribution in [1.29, 1.82) is 0 Å². The van der Waals surface area contributed by atoms with E-state index in [2.05, 4.69) is 4.98 Å². The van der Waals surface area contributed by atoms with E-state index >= 15 is 0 Å². The van der Waals surface area contributed by atoms with Gasteiger partial charge in [-0.05, 0) is 63.2 Å². The van der Waals surface area contributed by atoms with Crippen LogP contribution in [-0.4, -0.2) is 41.0 Å². The summed E-state index contributed by atoms with van der Waals surface area (Å²) in [5.74, 6) is -2.30. The molecule has 184 valence electrons. The number of amides is 1. The van der Waals surface area contributed by atoms with Crippen LogP contribution in [0.2, 0.25) is 0 Å². The van der Waals surface area contributed by atoms with Crippen molar-refractivity contribution in [2.24, 2.45) is 0 Å². The molecule has 0 spiro atoms. The molecule has 8 nitrogen and oxygen atoms in total. The fraction of sp³-hybridized carbons (Fsp3) is 0.214. The van der Waals surface area contributed by atoms with Crippen molar-refractivity contribution in [2.45, 2.75) is 32.9 Å². The first-order valence-corrected chi connectivity index (χ1v) is 11.4. The number of carbonyl (C=O) groups is 3. The third kappa shape index (κ3) is 4.57. The number of hydrogen-bond donors (Lipinski definition) is 1. The summed E-state index contributed by atoms with van der Waals surface area (Å²) in [5, 5.41) is 11.4. The number of aromatic nitrogens is 1. The predicted octanol–water partition coefficient (Wildman–Crippen LogP) is 4.59. The van der Waals surface area contributed by atoms with Crippen LogP contribution in [-0.2, 0) is 14.3 Å². The Morgan fingerprint density at radius 2 is 1.83 bits per heavy atom. The molecule has 0 saturated carbocycles. The number of hydrogen-bond acceptors (Lipinski definition) is 7. The van der Waals surface area contributed by atoms with E-state index in [1.165, 1.54) is 18.1 Å². The molecule has 1 aliphatic heterocycles. The number of aliphatic hydroxyl groups excluding tert-OH is 1. The number of nitrogens with zero attached hydrogens (tertiary/aromatic N) is 2. The van der Waals surface area contributed by atoms with Gasteiger partial charge in [-0.1, -0.05) is 23.8 Å². The summed E-state index contributed by atoms with van der Waals surface area (Å²) in [6.45, 7) is 5.31. The van der Waals surface area contributed by atoms with Gasteiger partial charge in [0.2, 0.25) is 0 Å². The second-order valence-corrected chi connectivity index (χ2v) is 8.63. The molecule has 1 aliphatic rings. The number of esters is 1. The highest BCUT2D eigenvalue weighted by Gasteiger charge is 2.48. The average molecular weight is 487 g/mol. The van der Waals surface area contributed by atoms with E-state index in [0.717, 1.165) is 5.56 Å². The topological polar surface area (TPSA) is 106 Å². The number of methoxy groups -OCH3 is 1. The first-order valence-electron chi connectivity index (χ1n) is 11.4. The molecule has 1 atom stereocenters. The second kappa shape index (κ2) is 10.0. The highest BCUT2D eigenvalue weighted by molar-refractivity contribution is 6.51. The third-order valence-corrected chi connectivity index (χ3v) is 5.73. The highest BCUT2D eigenvalue weighted by Crippen LogP contribution is 2.43. The maximum absolute atomic E-state index is 13.4. The first-order chi connectivity index (χ1) is 17.2. The molecule has 1 N–H and O–H groups in total.